The maximum atomic E-state index is 5.82. The van der Waals surface area contributed by atoms with E-state index in [-0.39, 0.29) is 0 Å². The van der Waals surface area contributed by atoms with E-state index in [0.717, 1.165) is 0 Å². The second-order valence-corrected chi connectivity index (χ2v) is 2.74. The van der Waals surface area contributed by atoms with E-state index in [1.807, 2.05) is 14.0 Å². The summed E-state index contributed by atoms with van der Waals surface area (Å²) in [5.74, 6) is 0.507. The molecule has 0 aromatic heterocycles. The molecule has 0 saturated carbocycles. The highest BCUT2D eigenvalue weighted by Gasteiger charge is 2.01. The van der Waals surface area contributed by atoms with Crippen LogP contribution in [-0.4, -0.2) is 37.6 Å². The monoisotopic (exact) mass is 205 g/mol. The van der Waals surface area contributed by atoms with Gasteiger partial charge in [0.15, 0.2) is 11.2 Å². The van der Waals surface area contributed by atoms with Crippen LogP contribution >= 0.6 is 11.6 Å². The highest BCUT2D eigenvalue weighted by molar-refractivity contribution is 6.64. The van der Waals surface area contributed by atoms with Crippen LogP contribution in [0.4, 0.5) is 0 Å². The average molecular weight is 206 g/mol. The lowest BCUT2D eigenvalue weighted by Crippen LogP contribution is -2.33. The molecule has 1 N–H and O–H groups in total. The summed E-state index contributed by atoms with van der Waals surface area (Å²) in [5, 5.41) is 3.39. The van der Waals surface area contributed by atoms with Gasteiger partial charge in [-0.05, 0) is 25.1 Å². The summed E-state index contributed by atoms with van der Waals surface area (Å²) in [7, 11) is 3.38. The molecule has 76 valence electrons. The minimum atomic E-state index is 0.471. The minimum absolute atomic E-state index is 0.471. The summed E-state index contributed by atoms with van der Waals surface area (Å²) in [6.45, 7) is 6.73. The Kier molecular flexibility index (Phi) is 6.14. The average Bonchev–Trinajstić information content (AvgIpc) is 2.13. The van der Waals surface area contributed by atoms with Crippen LogP contribution < -0.4 is 5.32 Å². The Hall–Kier alpha value is -0.900. The predicted molar refractivity (Wildman–Crippen MR) is 55.7 cm³/mol. The molecule has 4 nitrogen and oxygen atoms in total. The molecule has 0 radical (unpaired) electrons. The molecule has 0 aliphatic rings. The lowest BCUT2D eigenvalue weighted by atomic mass is 10.7. The molecule has 5 heteroatoms. The van der Waals surface area contributed by atoms with Crippen molar-refractivity contribution in [1.29, 1.82) is 0 Å². The first kappa shape index (κ1) is 12.1. The molecule has 0 atom stereocenters. The van der Waals surface area contributed by atoms with Crippen LogP contribution in [0.5, 0.6) is 0 Å². The van der Waals surface area contributed by atoms with Crippen molar-refractivity contribution in [3.63, 3.8) is 0 Å². The highest BCUT2D eigenvalue weighted by Crippen LogP contribution is 1.93. The van der Waals surface area contributed by atoms with Crippen LogP contribution in [0.2, 0.25) is 0 Å². The first-order chi connectivity index (χ1) is 6.11. The zero-order valence-corrected chi connectivity index (χ0v) is 9.06. The number of rotatable bonds is 5. The fourth-order valence-electron chi connectivity index (χ4n) is 0.595. The summed E-state index contributed by atoms with van der Waals surface area (Å²) in [4.78, 5) is 5.78. The molecular weight excluding hydrogens is 190 g/mol. The molecule has 13 heavy (non-hydrogen) atoms. The molecule has 0 amide bonds. The first-order valence-electron chi connectivity index (χ1n) is 3.99. The van der Waals surface area contributed by atoms with Gasteiger partial charge >= 0.3 is 0 Å². The van der Waals surface area contributed by atoms with Gasteiger partial charge in [0.05, 0.1) is 13.8 Å². The Balaban J connectivity index is 3.80. The number of nitrogens with zero attached hydrogens (tertiary/aromatic N) is 2. The summed E-state index contributed by atoms with van der Waals surface area (Å²) in [6, 6.07) is 0. The van der Waals surface area contributed by atoms with Crippen molar-refractivity contribution in [2.45, 2.75) is 6.92 Å². The van der Waals surface area contributed by atoms with Crippen LogP contribution in [0.3, 0.4) is 0 Å². The van der Waals surface area contributed by atoms with E-state index < -0.39 is 0 Å². The largest absolute Gasteiger partial charge is 0.483 e. The van der Waals surface area contributed by atoms with Crippen molar-refractivity contribution in [2.24, 2.45) is 4.99 Å². The second kappa shape index (κ2) is 6.60. The van der Waals surface area contributed by atoms with Gasteiger partial charge in [-0.3, -0.25) is 4.99 Å². The van der Waals surface area contributed by atoms with Gasteiger partial charge in [-0.2, -0.15) is 0 Å². The third kappa shape index (κ3) is 5.36. The molecule has 0 spiro atoms. The summed E-state index contributed by atoms with van der Waals surface area (Å²) < 4.78 is 4.83. The van der Waals surface area contributed by atoms with Crippen molar-refractivity contribution in [3.05, 3.63) is 12.5 Å². The Morgan fingerprint density at radius 1 is 1.69 bits per heavy atom. The van der Waals surface area contributed by atoms with Gasteiger partial charge in [0.25, 0.3) is 0 Å². The maximum absolute atomic E-state index is 5.82. The molecule has 0 heterocycles. The molecule has 0 aromatic carbocycles. The van der Waals surface area contributed by atoms with E-state index in [1.54, 1.807) is 12.0 Å². The van der Waals surface area contributed by atoms with Gasteiger partial charge in [-0.25, -0.2) is 0 Å². The van der Waals surface area contributed by atoms with Crippen molar-refractivity contribution in [3.8, 4) is 0 Å². The van der Waals surface area contributed by atoms with Crippen LogP contribution in [0, 0.1) is 0 Å². The fraction of sp³-hybridized carbons (Fsp3) is 0.625. The van der Waals surface area contributed by atoms with Crippen LogP contribution in [0.15, 0.2) is 17.5 Å². The van der Waals surface area contributed by atoms with E-state index >= 15 is 0 Å². The summed E-state index contributed by atoms with van der Waals surface area (Å²) >= 11 is 5.82. The molecule has 0 unspecified atom stereocenters. The molecule has 0 rings (SSSR count). The minimum Gasteiger partial charge on any atom is -0.483 e. The first-order valence-corrected chi connectivity index (χ1v) is 4.37. The molecular formula is C8H16ClN3O. The lowest BCUT2D eigenvalue weighted by Gasteiger charge is -2.18. The molecule has 0 aromatic rings. The number of ether oxygens (including phenoxy) is 1. The van der Waals surface area contributed by atoms with Crippen molar-refractivity contribution >= 4 is 16.9 Å². The van der Waals surface area contributed by atoms with Crippen molar-refractivity contribution < 1.29 is 4.74 Å². The summed E-state index contributed by atoms with van der Waals surface area (Å²) in [6.07, 6.45) is 0. The van der Waals surface area contributed by atoms with E-state index in [4.69, 9.17) is 16.3 Å². The topological polar surface area (TPSA) is 36.9 Å². The number of amidine groups is 1. The highest BCUT2D eigenvalue weighted by atomic mass is 35.5. The van der Waals surface area contributed by atoms with Gasteiger partial charge in [-0.1, -0.05) is 0 Å². The second-order valence-electron chi connectivity index (χ2n) is 2.40. The SMILES string of the molecule is C=C(NCN(C)C(Cl)=NCC)OC. The lowest BCUT2D eigenvalue weighted by molar-refractivity contribution is 0.251. The van der Waals surface area contributed by atoms with Crippen LogP contribution in [0.1, 0.15) is 6.92 Å². The molecule has 0 aliphatic heterocycles. The van der Waals surface area contributed by atoms with Gasteiger partial charge in [0.1, 0.15) is 0 Å². The van der Waals surface area contributed by atoms with Crippen molar-refractivity contribution in [2.75, 3.05) is 27.4 Å². The number of hydrogen-bond acceptors (Lipinski definition) is 3. The molecule has 0 aliphatic carbocycles. The zero-order chi connectivity index (χ0) is 10.3. The van der Waals surface area contributed by atoms with Gasteiger partial charge in [0, 0.05) is 13.6 Å². The van der Waals surface area contributed by atoms with Crippen LogP contribution in [-0.2, 0) is 4.74 Å². The Bertz CT molecular complexity index is 194. The van der Waals surface area contributed by atoms with Gasteiger partial charge in [0.2, 0.25) is 0 Å². The Morgan fingerprint density at radius 2 is 2.31 bits per heavy atom. The number of hydrogen-bond donors (Lipinski definition) is 1. The molecule has 0 bridgehead atoms. The van der Waals surface area contributed by atoms with Crippen LogP contribution in [0.25, 0.3) is 0 Å². The summed E-state index contributed by atoms with van der Waals surface area (Å²) in [5.41, 5.74) is 0. The van der Waals surface area contributed by atoms with E-state index in [9.17, 15) is 0 Å². The Labute approximate surface area is 84.2 Å². The third-order valence-electron chi connectivity index (χ3n) is 1.36. The standard InChI is InChI=1S/C8H16ClN3O/c1-5-10-8(9)12(3)6-11-7(2)13-4/h11H,2,5-6H2,1,3-4H3. The van der Waals surface area contributed by atoms with E-state index in [1.165, 1.54) is 0 Å². The fourth-order valence-corrected chi connectivity index (χ4v) is 0.775. The Morgan fingerprint density at radius 3 is 2.77 bits per heavy atom. The van der Waals surface area contributed by atoms with Crippen molar-refractivity contribution in [1.82, 2.24) is 10.2 Å². The van der Waals surface area contributed by atoms with E-state index in [2.05, 4.69) is 16.9 Å². The normalized spacial score (nSPS) is 10.9. The number of methoxy groups -OCH3 is 1. The zero-order valence-electron chi connectivity index (χ0n) is 8.30. The van der Waals surface area contributed by atoms with E-state index in [0.29, 0.717) is 24.4 Å². The molecule has 0 fully saturated rings. The molecule has 0 saturated heterocycles. The predicted octanol–water partition coefficient (Wildman–Crippen LogP) is 1.20. The number of halogens is 1. The third-order valence-corrected chi connectivity index (χ3v) is 1.77. The number of nitrogens with one attached hydrogen (secondary N) is 1. The van der Waals surface area contributed by atoms with Gasteiger partial charge in [-0.15, -0.1) is 0 Å². The quantitative estimate of drug-likeness (QED) is 0.241. The maximum Gasteiger partial charge on any atom is 0.195 e. The van der Waals surface area contributed by atoms with Gasteiger partial charge < -0.3 is 15.0 Å². The number of aliphatic imine (C=N–C) groups is 1. The smallest absolute Gasteiger partial charge is 0.195 e.